The van der Waals surface area contributed by atoms with Crippen LogP contribution < -0.4 is 5.56 Å². The maximum atomic E-state index is 13.4. The number of ether oxygens (including phenoxy) is 1. The lowest BCUT2D eigenvalue weighted by Gasteiger charge is -2.41. The minimum Gasteiger partial charge on any atom is -0.366 e. The minimum atomic E-state index is -0.723. The topological polar surface area (TPSA) is 95.6 Å². The number of nitrogens with zero attached hydrogens (tertiary/aromatic N) is 3. The zero-order valence-corrected chi connectivity index (χ0v) is 15.6. The largest absolute Gasteiger partial charge is 0.366 e. The van der Waals surface area contributed by atoms with E-state index < -0.39 is 12.1 Å². The molecule has 4 rings (SSSR count). The normalized spacial score (nSPS) is 22.1. The van der Waals surface area contributed by atoms with Crippen molar-refractivity contribution in [3.63, 3.8) is 0 Å². The first-order valence-corrected chi connectivity index (χ1v) is 9.34. The number of carbonyl (C=O) groups excluding carboxylic acids is 2. The van der Waals surface area contributed by atoms with Crippen LogP contribution in [0.25, 0.3) is 0 Å². The van der Waals surface area contributed by atoms with Gasteiger partial charge in [0.2, 0.25) is 11.8 Å². The summed E-state index contributed by atoms with van der Waals surface area (Å²) >= 11 is 0. The van der Waals surface area contributed by atoms with E-state index in [1.807, 2.05) is 30.3 Å². The Morgan fingerprint density at radius 2 is 2.07 bits per heavy atom. The highest BCUT2D eigenvalue weighted by atomic mass is 16.5. The number of amides is 2. The van der Waals surface area contributed by atoms with Crippen LogP contribution in [-0.2, 0) is 33.8 Å². The van der Waals surface area contributed by atoms with Crippen LogP contribution in [0.2, 0.25) is 0 Å². The van der Waals surface area contributed by atoms with Gasteiger partial charge < -0.3 is 19.5 Å². The summed E-state index contributed by atoms with van der Waals surface area (Å²) in [6, 6.07) is 8.85. The molecule has 8 heteroatoms. The average Bonchev–Trinajstić information content (AvgIpc) is 2.71. The predicted octanol–water partition coefficient (Wildman–Crippen LogP) is 0.471. The van der Waals surface area contributed by atoms with Crippen molar-refractivity contribution < 1.29 is 14.3 Å². The molecule has 1 aromatic carbocycles. The summed E-state index contributed by atoms with van der Waals surface area (Å²) < 4.78 is 5.56. The van der Waals surface area contributed by atoms with Gasteiger partial charge in [-0.15, -0.1) is 0 Å². The van der Waals surface area contributed by atoms with E-state index in [0.717, 1.165) is 11.3 Å². The van der Waals surface area contributed by atoms with E-state index in [9.17, 15) is 14.4 Å². The molecule has 0 aliphatic carbocycles. The lowest BCUT2D eigenvalue weighted by molar-refractivity contribution is -0.168. The molecule has 2 amide bonds. The van der Waals surface area contributed by atoms with E-state index in [2.05, 4.69) is 9.97 Å². The highest BCUT2D eigenvalue weighted by Gasteiger charge is 2.42. The maximum absolute atomic E-state index is 13.4. The summed E-state index contributed by atoms with van der Waals surface area (Å²) in [6.07, 6.45) is 1.47. The molecule has 2 atom stereocenters. The molecule has 2 aliphatic rings. The molecule has 0 bridgehead atoms. The van der Waals surface area contributed by atoms with Crippen molar-refractivity contribution in [2.75, 3.05) is 13.2 Å². The molecule has 1 fully saturated rings. The van der Waals surface area contributed by atoms with Crippen molar-refractivity contribution in [2.45, 2.75) is 38.6 Å². The van der Waals surface area contributed by atoms with Gasteiger partial charge >= 0.3 is 0 Å². The number of H-pyrrole nitrogens is 1. The molecule has 146 valence electrons. The third-order valence-electron chi connectivity index (χ3n) is 5.34. The highest BCUT2D eigenvalue weighted by Crippen LogP contribution is 2.23. The number of rotatable bonds is 3. The number of aromatic nitrogens is 2. The van der Waals surface area contributed by atoms with Gasteiger partial charge in [0, 0.05) is 19.5 Å². The third-order valence-corrected chi connectivity index (χ3v) is 5.34. The Balaban J connectivity index is 1.59. The quantitative estimate of drug-likeness (QED) is 0.833. The first kappa shape index (κ1) is 18.4. The minimum absolute atomic E-state index is 0.0375. The van der Waals surface area contributed by atoms with E-state index in [-0.39, 0.29) is 30.5 Å². The molecule has 0 saturated carbocycles. The zero-order valence-electron chi connectivity index (χ0n) is 15.6. The Hall–Kier alpha value is -3.00. The fourth-order valence-electron chi connectivity index (χ4n) is 3.82. The molecule has 28 heavy (non-hydrogen) atoms. The molecule has 2 aliphatic heterocycles. The van der Waals surface area contributed by atoms with Crippen LogP contribution in [0.4, 0.5) is 0 Å². The van der Waals surface area contributed by atoms with Crippen LogP contribution in [-0.4, -0.2) is 56.9 Å². The number of fused-ring (bicyclic) bond motifs is 1. The molecule has 3 heterocycles. The van der Waals surface area contributed by atoms with Gasteiger partial charge in [-0.2, -0.15) is 0 Å². The standard InChI is InChI=1S/C20H22N4O4/c1-13-18(24(17(25)11-28-13)9-14-5-3-2-4-6-14)20(27)23-8-7-16-15(10-23)19(26)22-12-21-16/h2-6,12-13,18H,7-11H2,1H3,(H,21,22,26)/t13-,18+/m1/s1. The molecule has 1 aromatic heterocycles. The van der Waals surface area contributed by atoms with Gasteiger partial charge in [0.1, 0.15) is 12.6 Å². The molecule has 8 nitrogen and oxygen atoms in total. The van der Waals surface area contributed by atoms with E-state index in [4.69, 9.17) is 4.74 Å². The number of benzene rings is 1. The molecule has 0 spiro atoms. The van der Waals surface area contributed by atoms with Gasteiger partial charge in [0.15, 0.2) is 0 Å². The Morgan fingerprint density at radius 1 is 1.29 bits per heavy atom. The van der Waals surface area contributed by atoms with Gasteiger partial charge in [-0.05, 0) is 12.5 Å². The van der Waals surface area contributed by atoms with Gasteiger partial charge in [0.05, 0.1) is 30.2 Å². The Labute approximate surface area is 162 Å². The molecule has 2 aromatic rings. The van der Waals surface area contributed by atoms with Gasteiger partial charge in [-0.25, -0.2) is 4.98 Å². The van der Waals surface area contributed by atoms with Crippen molar-refractivity contribution in [2.24, 2.45) is 0 Å². The van der Waals surface area contributed by atoms with Crippen molar-refractivity contribution in [3.05, 3.63) is 63.8 Å². The van der Waals surface area contributed by atoms with E-state index in [1.54, 1.807) is 16.7 Å². The van der Waals surface area contributed by atoms with Crippen LogP contribution >= 0.6 is 0 Å². The summed E-state index contributed by atoms with van der Waals surface area (Å²) in [6.45, 7) is 2.76. The third kappa shape index (κ3) is 3.43. The van der Waals surface area contributed by atoms with Gasteiger partial charge in [0.25, 0.3) is 5.56 Å². The second kappa shape index (κ2) is 7.55. The fraction of sp³-hybridized carbons (Fsp3) is 0.400. The first-order chi connectivity index (χ1) is 13.5. The van der Waals surface area contributed by atoms with E-state index >= 15 is 0 Å². The maximum Gasteiger partial charge on any atom is 0.255 e. The number of aromatic amines is 1. The number of hydrogen-bond donors (Lipinski definition) is 1. The summed E-state index contributed by atoms with van der Waals surface area (Å²) in [5.74, 6) is -0.414. The van der Waals surface area contributed by atoms with E-state index in [0.29, 0.717) is 25.1 Å². The van der Waals surface area contributed by atoms with Crippen molar-refractivity contribution in [3.8, 4) is 0 Å². The Bertz CT molecular complexity index is 943. The van der Waals surface area contributed by atoms with Crippen LogP contribution in [0.3, 0.4) is 0 Å². The monoisotopic (exact) mass is 382 g/mol. The van der Waals surface area contributed by atoms with Gasteiger partial charge in [-0.3, -0.25) is 14.4 Å². The Kier molecular flexibility index (Phi) is 4.95. The highest BCUT2D eigenvalue weighted by molar-refractivity contribution is 5.89. The van der Waals surface area contributed by atoms with Gasteiger partial charge in [-0.1, -0.05) is 30.3 Å². The number of morpholine rings is 1. The zero-order chi connectivity index (χ0) is 19.7. The lowest BCUT2D eigenvalue weighted by Crippen LogP contribution is -2.60. The first-order valence-electron chi connectivity index (χ1n) is 9.34. The number of hydrogen-bond acceptors (Lipinski definition) is 5. The van der Waals surface area contributed by atoms with Crippen molar-refractivity contribution in [1.29, 1.82) is 0 Å². The second-order valence-corrected chi connectivity index (χ2v) is 7.13. The lowest BCUT2D eigenvalue weighted by atomic mass is 10.0. The SMILES string of the molecule is C[C@H]1OCC(=O)N(Cc2ccccc2)[C@@H]1C(=O)N1CCc2nc[nH]c(=O)c2C1. The number of carbonyl (C=O) groups is 2. The molecular formula is C20H22N4O4. The molecule has 0 radical (unpaired) electrons. The summed E-state index contributed by atoms with van der Waals surface area (Å²) in [5.41, 5.74) is 1.95. The van der Waals surface area contributed by atoms with Crippen molar-refractivity contribution in [1.82, 2.24) is 19.8 Å². The van der Waals surface area contributed by atoms with Crippen LogP contribution in [0.1, 0.15) is 23.7 Å². The van der Waals surface area contributed by atoms with E-state index in [1.165, 1.54) is 6.33 Å². The van der Waals surface area contributed by atoms with Crippen LogP contribution in [0, 0.1) is 0 Å². The number of nitrogens with one attached hydrogen (secondary N) is 1. The fourth-order valence-corrected chi connectivity index (χ4v) is 3.82. The molecule has 1 saturated heterocycles. The molecular weight excluding hydrogens is 360 g/mol. The second-order valence-electron chi connectivity index (χ2n) is 7.13. The average molecular weight is 382 g/mol. The Morgan fingerprint density at radius 3 is 2.86 bits per heavy atom. The van der Waals surface area contributed by atoms with Crippen LogP contribution in [0.15, 0.2) is 41.5 Å². The van der Waals surface area contributed by atoms with Crippen molar-refractivity contribution >= 4 is 11.8 Å². The summed E-state index contributed by atoms with van der Waals surface area (Å²) in [7, 11) is 0. The predicted molar refractivity (Wildman–Crippen MR) is 100 cm³/mol. The summed E-state index contributed by atoms with van der Waals surface area (Å²) in [4.78, 5) is 48.0. The molecule has 0 unspecified atom stereocenters. The molecule has 1 N–H and O–H groups in total. The van der Waals surface area contributed by atoms with Crippen LogP contribution in [0.5, 0.6) is 0 Å². The smallest absolute Gasteiger partial charge is 0.255 e. The summed E-state index contributed by atoms with van der Waals surface area (Å²) in [5, 5.41) is 0.